The summed E-state index contributed by atoms with van der Waals surface area (Å²) in [5, 5.41) is 0.778. The van der Waals surface area contributed by atoms with Crippen LogP contribution in [0, 0.1) is 6.92 Å². The highest BCUT2D eigenvalue weighted by molar-refractivity contribution is 5.79. The number of unbranched alkanes of at least 4 members (excludes halogenated alkanes) is 3. The van der Waals surface area contributed by atoms with E-state index in [-0.39, 0.29) is 5.43 Å². The molecule has 0 saturated heterocycles. The highest BCUT2D eigenvalue weighted by atomic mass is 16.1. The van der Waals surface area contributed by atoms with Crippen LogP contribution in [-0.2, 0) is 6.42 Å². The van der Waals surface area contributed by atoms with Gasteiger partial charge in [-0.25, -0.2) is 0 Å². The Bertz CT molecular complexity index is 652. The zero-order valence-corrected chi connectivity index (χ0v) is 12.4. The van der Waals surface area contributed by atoms with E-state index in [1.807, 2.05) is 31.2 Å². The van der Waals surface area contributed by atoms with Gasteiger partial charge in [0, 0.05) is 28.6 Å². The second-order valence-electron chi connectivity index (χ2n) is 5.27. The first-order chi connectivity index (χ1) is 9.74. The molecule has 1 heterocycles. The maximum atomic E-state index is 12.3. The molecule has 0 radical (unpaired) electrons. The van der Waals surface area contributed by atoms with E-state index in [2.05, 4.69) is 24.1 Å². The van der Waals surface area contributed by atoms with Crippen LogP contribution in [0.25, 0.3) is 10.9 Å². The third-order valence-electron chi connectivity index (χ3n) is 3.71. The maximum absolute atomic E-state index is 12.3. The van der Waals surface area contributed by atoms with Crippen molar-refractivity contribution in [3.8, 4) is 0 Å². The molecule has 20 heavy (non-hydrogen) atoms. The molecule has 1 aromatic carbocycles. The van der Waals surface area contributed by atoms with E-state index in [9.17, 15) is 4.79 Å². The molecular weight excluding hydrogens is 246 g/mol. The highest BCUT2D eigenvalue weighted by Gasteiger charge is 2.06. The van der Waals surface area contributed by atoms with Crippen molar-refractivity contribution in [3.05, 3.63) is 57.9 Å². The summed E-state index contributed by atoms with van der Waals surface area (Å²) in [5.41, 5.74) is 2.94. The standard InChI is InChI=1S/C18H23NO/c1-3-4-5-6-7-8-12-16-14(2)18(20)15-11-9-10-13-17(15)19-16/h7-11,13H,3-6,12H2,1-2H3,(H,19,20)/b8-7+. The number of nitrogens with one attached hydrogen (secondary N) is 1. The summed E-state index contributed by atoms with van der Waals surface area (Å²) in [5.74, 6) is 0. The number of rotatable bonds is 6. The summed E-state index contributed by atoms with van der Waals surface area (Å²) in [6, 6.07) is 7.71. The van der Waals surface area contributed by atoms with E-state index < -0.39 is 0 Å². The second-order valence-corrected chi connectivity index (χ2v) is 5.27. The molecule has 0 bridgehead atoms. The van der Waals surface area contributed by atoms with Crippen LogP contribution < -0.4 is 5.43 Å². The molecule has 2 aromatic rings. The van der Waals surface area contributed by atoms with Crippen LogP contribution in [0.1, 0.15) is 43.9 Å². The first-order valence-electron chi connectivity index (χ1n) is 7.49. The quantitative estimate of drug-likeness (QED) is 0.607. The van der Waals surface area contributed by atoms with Gasteiger partial charge in [0.05, 0.1) is 0 Å². The van der Waals surface area contributed by atoms with Crippen LogP contribution in [0.15, 0.2) is 41.2 Å². The number of fused-ring (bicyclic) bond motifs is 1. The van der Waals surface area contributed by atoms with Crippen molar-refractivity contribution in [1.29, 1.82) is 0 Å². The summed E-state index contributed by atoms with van der Waals surface area (Å²) < 4.78 is 0. The lowest BCUT2D eigenvalue weighted by Gasteiger charge is -2.06. The largest absolute Gasteiger partial charge is 0.358 e. The molecule has 0 saturated carbocycles. The molecule has 0 spiro atoms. The van der Waals surface area contributed by atoms with Crippen molar-refractivity contribution in [2.75, 3.05) is 0 Å². The zero-order chi connectivity index (χ0) is 14.4. The number of pyridine rings is 1. The molecule has 2 nitrogen and oxygen atoms in total. The lowest BCUT2D eigenvalue weighted by Crippen LogP contribution is -2.11. The van der Waals surface area contributed by atoms with Gasteiger partial charge in [0.15, 0.2) is 5.43 Å². The van der Waals surface area contributed by atoms with Crippen molar-refractivity contribution < 1.29 is 0 Å². The Balaban J connectivity index is 2.14. The van der Waals surface area contributed by atoms with Gasteiger partial charge in [-0.3, -0.25) is 4.79 Å². The van der Waals surface area contributed by atoms with E-state index in [1.165, 1.54) is 19.3 Å². The molecule has 0 aliphatic heterocycles. The van der Waals surface area contributed by atoms with Crippen LogP contribution in [0.4, 0.5) is 0 Å². The average Bonchev–Trinajstić information content (AvgIpc) is 2.47. The van der Waals surface area contributed by atoms with Crippen LogP contribution in [0.3, 0.4) is 0 Å². The lowest BCUT2D eigenvalue weighted by atomic mass is 10.1. The Kier molecular flexibility index (Phi) is 5.16. The molecule has 0 fully saturated rings. The van der Waals surface area contributed by atoms with E-state index >= 15 is 0 Å². The minimum atomic E-state index is 0.147. The molecule has 0 aliphatic rings. The molecule has 0 unspecified atom stereocenters. The van der Waals surface area contributed by atoms with Crippen molar-refractivity contribution in [3.63, 3.8) is 0 Å². The molecule has 2 rings (SSSR count). The number of hydrogen-bond donors (Lipinski definition) is 1. The first-order valence-corrected chi connectivity index (χ1v) is 7.49. The Hall–Kier alpha value is -1.83. The van der Waals surface area contributed by atoms with Gasteiger partial charge < -0.3 is 4.98 Å². The third kappa shape index (κ3) is 3.38. The monoisotopic (exact) mass is 269 g/mol. The van der Waals surface area contributed by atoms with Crippen molar-refractivity contribution in [1.82, 2.24) is 4.98 Å². The van der Waals surface area contributed by atoms with Gasteiger partial charge in [-0.05, 0) is 31.9 Å². The first kappa shape index (κ1) is 14.6. The number of benzene rings is 1. The summed E-state index contributed by atoms with van der Waals surface area (Å²) >= 11 is 0. The minimum absolute atomic E-state index is 0.147. The SMILES string of the molecule is CCCCC/C=C/Cc1[nH]c2ccccc2c(=O)c1C. The smallest absolute Gasteiger partial charge is 0.192 e. The average molecular weight is 269 g/mol. The summed E-state index contributed by atoms with van der Waals surface area (Å²) in [6.07, 6.45) is 10.1. The van der Waals surface area contributed by atoms with E-state index in [0.29, 0.717) is 0 Å². The number of allylic oxidation sites excluding steroid dienone is 2. The van der Waals surface area contributed by atoms with Crippen molar-refractivity contribution in [2.45, 2.75) is 46.0 Å². The number of para-hydroxylation sites is 1. The van der Waals surface area contributed by atoms with Gasteiger partial charge in [0.1, 0.15) is 0 Å². The number of hydrogen-bond acceptors (Lipinski definition) is 1. The Morgan fingerprint density at radius 1 is 1.15 bits per heavy atom. The van der Waals surface area contributed by atoms with Gasteiger partial charge in [-0.1, -0.05) is 44.1 Å². The molecule has 0 aliphatic carbocycles. The third-order valence-corrected chi connectivity index (χ3v) is 3.71. The van der Waals surface area contributed by atoms with Crippen LogP contribution in [0.2, 0.25) is 0 Å². The normalized spacial score (nSPS) is 11.5. The number of aromatic amines is 1. The molecule has 0 atom stereocenters. The summed E-state index contributed by atoms with van der Waals surface area (Å²) in [6.45, 7) is 4.12. The topological polar surface area (TPSA) is 32.9 Å². The maximum Gasteiger partial charge on any atom is 0.192 e. The Morgan fingerprint density at radius 3 is 2.75 bits per heavy atom. The highest BCUT2D eigenvalue weighted by Crippen LogP contribution is 2.11. The fraction of sp³-hybridized carbons (Fsp3) is 0.389. The molecule has 2 heteroatoms. The van der Waals surface area contributed by atoms with Gasteiger partial charge in [0.25, 0.3) is 0 Å². The van der Waals surface area contributed by atoms with Gasteiger partial charge >= 0.3 is 0 Å². The van der Waals surface area contributed by atoms with E-state index in [4.69, 9.17) is 0 Å². The predicted octanol–water partition coefficient (Wildman–Crippen LogP) is 4.52. The molecular formula is C18H23NO. The van der Waals surface area contributed by atoms with Gasteiger partial charge in [0.2, 0.25) is 0 Å². The molecule has 1 N–H and O–H groups in total. The van der Waals surface area contributed by atoms with Crippen LogP contribution >= 0.6 is 0 Å². The van der Waals surface area contributed by atoms with Crippen LogP contribution in [0.5, 0.6) is 0 Å². The van der Waals surface area contributed by atoms with Crippen molar-refractivity contribution >= 4 is 10.9 Å². The fourth-order valence-electron chi connectivity index (χ4n) is 2.42. The van der Waals surface area contributed by atoms with Crippen molar-refractivity contribution in [2.24, 2.45) is 0 Å². The Morgan fingerprint density at radius 2 is 1.95 bits per heavy atom. The van der Waals surface area contributed by atoms with Gasteiger partial charge in [-0.2, -0.15) is 0 Å². The Labute approximate surface area is 120 Å². The van der Waals surface area contributed by atoms with E-state index in [0.717, 1.165) is 35.0 Å². The lowest BCUT2D eigenvalue weighted by molar-refractivity contribution is 0.728. The van der Waals surface area contributed by atoms with Gasteiger partial charge in [-0.15, -0.1) is 0 Å². The van der Waals surface area contributed by atoms with E-state index in [1.54, 1.807) is 0 Å². The molecule has 0 amide bonds. The number of aromatic nitrogens is 1. The predicted molar refractivity (Wildman–Crippen MR) is 86.3 cm³/mol. The summed E-state index contributed by atoms with van der Waals surface area (Å²) in [7, 11) is 0. The minimum Gasteiger partial charge on any atom is -0.358 e. The molecule has 106 valence electrons. The summed E-state index contributed by atoms with van der Waals surface area (Å²) in [4.78, 5) is 15.7. The number of H-pyrrole nitrogens is 1. The fourth-order valence-corrected chi connectivity index (χ4v) is 2.42. The second kappa shape index (κ2) is 7.09. The zero-order valence-electron chi connectivity index (χ0n) is 12.4. The van der Waals surface area contributed by atoms with Crippen LogP contribution in [-0.4, -0.2) is 4.98 Å². The molecule has 1 aromatic heterocycles.